The first kappa shape index (κ1) is 30.6. The second-order valence-corrected chi connectivity index (χ2v) is 15.8. The van der Waals surface area contributed by atoms with Crippen LogP contribution in [0.5, 0.6) is 0 Å². The van der Waals surface area contributed by atoms with Crippen molar-refractivity contribution in [3.05, 3.63) is 0 Å². The van der Waals surface area contributed by atoms with Crippen LogP contribution in [-0.4, -0.2) is 78.3 Å². The molecule has 11 nitrogen and oxygen atoms in total. The fourth-order valence-electron chi connectivity index (χ4n) is 5.21. The summed E-state index contributed by atoms with van der Waals surface area (Å²) in [6.45, 7) is 9.54. The van der Waals surface area contributed by atoms with E-state index in [9.17, 15) is 28.8 Å². The molecular formula is C25H38O11Si. The number of fused-ring (bicyclic) bond motifs is 2. The molecule has 0 amide bonds. The van der Waals surface area contributed by atoms with Gasteiger partial charge in [-0.15, -0.1) is 0 Å². The summed E-state index contributed by atoms with van der Waals surface area (Å²) in [5, 5.41) is -0.430. The van der Waals surface area contributed by atoms with Gasteiger partial charge < -0.3 is 23.4 Å². The van der Waals surface area contributed by atoms with Crippen molar-refractivity contribution in [1.82, 2.24) is 0 Å². The first-order chi connectivity index (χ1) is 17.1. The third kappa shape index (κ3) is 5.64. The summed E-state index contributed by atoms with van der Waals surface area (Å²) in [7, 11) is 1.52. The van der Waals surface area contributed by atoms with Crippen molar-refractivity contribution in [3.8, 4) is 0 Å². The van der Waals surface area contributed by atoms with Crippen LogP contribution in [0, 0.1) is 35.5 Å². The fraction of sp³-hybridized carbons (Fsp3) is 0.760. The lowest BCUT2D eigenvalue weighted by atomic mass is 9.68. The van der Waals surface area contributed by atoms with Crippen LogP contribution in [0.1, 0.15) is 33.6 Å². The van der Waals surface area contributed by atoms with Crippen LogP contribution in [0.4, 0.5) is 0 Å². The first-order valence-corrected chi connectivity index (χ1v) is 15.1. The molecule has 208 valence electrons. The minimum absolute atomic E-state index is 0.00206. The van der Waals surface area contributed by atoms with Crippen molar-refractivity contribution >= 4 is 43.8 Å². The number of rotatable bonds is 7. The molecule has 37 heavy (non-hydrogen) atoms. The number of hydrogen-bond acceptors (Lipinski definition) is 11. The molecule has 0 aromatic heterocycles. The van der Waals surface area contributed by atoms with Gasteiger partial charge in [0.25, 0.3) is 0 Å². The Kier molecular flexibility index (Phi) is 9.45. The largest absolute Gasteiger partial charge is 0.469 e. The predicted molar refractivity (Wildman–Crippen MR) is 130 cm³/mol. The molecule has 2 rings (SSSR count). The van der Waals surface area contributed by atoms with Gasteiger partial charge >= 0.3 is 23.9 Å². The molecule has 2 saturated carbocycles. The highest BCUT2D eigenvalue weighted by atomic mass is 28.4. The maximum atomic E-state index is 13.8. The summed E-state index contributed by atoms with van der Waals surface area (Å²) in [6, 6.07) is 0. The van der Waals surface area contributed by atoms with Crippen molar-refractivity contribution in [2.24, 2.45) is 35.5 Å². The second kappa shape index (κ2) is 11.4. The monoisotopic (exact) mass is 542 g/mol. The number of hydrogen-bond donors (Lipinski definition) is 0. The van der Waals surface area contributed by atoms with Gasteiger partial charge in [-0.3, -0.25) is 28.8 Å². The molecule has 2 aliphatic carbocycles. The summed E-state index contributed by atoms with van der Waals surface area (Å²) in [5.41, 5.74) is 0. The normalized spacial score (nSPS) is 28.3. The Morgan fingerprint density at radius 3 is 1.76 bits per heavy atom. The first-order valence-electron chi connectivity index (χ1n) is 12.1. The van der Waals surface area contributed by atoms with Crippen LogP contribution >= 0.6 is 0 Å². The number of Topliss-reactive ketones (excluding diaryl/α,β-unsaturated/α-hetero) is 2. The maximum absolute atomic E-state index is 13.8. The van der Waals surface area contributed by atoms with Gasteiger partial charge in [-0.2, -0.15) is 0 Å². The molecule has 0 spiro atoms. The number of methoxy groups -OCH3 is 4. The molecule has 0 radical (unpaired) electrons. The van der Waals surface area contributed by atoms with E-state index in [1.165, 1.54) is 0 Å². The zero-order valence-corrected chi connectivity index (χ0v) is 23.9. The molecule has 0 heterocycles. The average Bonchev–Trinajstić information content (AvgIpc) is 2.89. The van der Waals surface area contributed by atoms with E-state index in [0.29, 0.717) is 0 Å². The highest BCUT2D eigenvalue weighted by Gasteiger charge is 2.64. The summed E-state index contributed by atoms with van der Waals surface area (Å²) in [4.78, 5) is 79.7. The van der Waals surface area contributed by atoms with Gasteiger partial charge in [0.05, 0.1) is 52.3 Å². The van der Waals surface area contributed by atoms with Gasteiger partial charge in [-0.25, -0.2) is 0 Å². The summed E-state index contributed by atoms with van der Waals surface area (Å²) < 4.78 is 26.5. The summed E-state index contributed by atoms with van der Waals surface area (Å²) >= 11 is 0. The highest BCUT2D eigenvalue weighted by Crippen LogP contribution is 2.50. The minimum atomic E-state index is -2.84. The van der Waals surface area contributed by atoms with Gasteiger partial charge in [-0.05, 0) is 24.6 Å². The number of carbonyl (C=O) groups excluding carboxylic acids is 6. The van der Waals surface area contributed by atoms with Gasteiger partial charge in [0.2, 0.25) is 0 Å². The topological polar surface area (TPSA) is 149 Å². The molecular weight excluding hydrogens is 504 g/mol. The molecule has 0 aliphatic heterocycles. The van der Waals surface area contributed by atoms with Gasteiger partial charge in [0, 0.05) is 18.3 Å². The van der Waals surface area contributed by atoms with Crippen LogP contribution in [0.15, 0.2) is 0 Å². The lowest BCUT2D eigenvalue weighted by Gasteiger charge is -2.45. The average molecular weight is 543 g/mol. The van der Waals surface area contributed by atoms with Crippen LogP contribution in [0.2, 0.25) is 18.1 Å². The van der Waals surface area contributed by atoms with Crippen LogP contribution in [0.3, 0.4) is 0 Å². The molecule has 2 fully saturated rings. The Labute approximate surface area is 218 Å². The van der Waals surface area contributed by atoms with Crippen molar-refractivity contribution in [2.75, 3.05) is 28.4 Å². The molecule has 6 atom stereocenters. The summed E-state index contributed by atoms with van der Waals surface area (Å²) in [6.07, 6.45) is -1.51. The fourth-order valence-corrected chi connectivity index (χ4v) is 6.55. The zero-order chi connectivity index (χ0) is 28.5. The van der Waals surface area contributed by atoms with Crippen LogP contribution < -0.4 is 0 Å². The SMILES string of the molecule is COC(=O)C(C(=O)OC)[C@@H]1[C@@H]2C(=O)CC[C@@H](C2=O)[C@H](C(=O)OC)[C@@H](C(=O)OC)[C@H]1O[Si](C)(C)C(C)(C)C. The Bertz CT molecular complexity index is 935. The highest BCUT2D eigenvalue weighted by molar-refractivity contribution is 6.74. The molecule has 12 heteroatoms. The number of carbonyl (C=O) groups is 6. The molecule has 0 aromatic carbocycles. The number of ketones is 2. The quantitative estimate of drug-likeness (QED) is 0.200. The Morgan fingerprint density at radius 1 is 0.838 bits per heavy atom. The Morgan fingerprint density at radius 2 is 1.32 bits per heavy atom. The van der Waals surface area contributed by atoms with E-state index in [1.807, 2.05) is 33.9 Å². The maximum Gasteiger partial charge on any atom is 0.320 e. The van der Waals surface area contributed by atoms with E-state index in [1.54, 1.807) is 0 Å². The summed E-state index contributed by atoms with van der Waals surface area (Å²) in [5.74, 6) is -13.6. The van der Waals surface area contributed by atoms with E-state index in [0.717, 1.165) is 28.4 Å². The van der Waals surface area contributed by atoms with Crippen LogP contribution in [0.25, 0.3) is 0 Å². The van der Waals surface area contributed by atoms with E-state index in [2.05, 4.69) is 0 Å². The van der Waals surface area contributed by atoms with E-state index >= 15 is 0 Å². The van der Waals surface area contributed by atoms with E-state index < -0.39 is 90.4 Å². The lowest BCUT2D eigenvalue weighted by Crippen LogP contribution is -2.56. The molecule has 0 unspecified atom stereocenters. The molecule has 0 aromatic rings. The Hall–Kier alpha value is -2.60. The second-order valence-electron chi connectivity index (χ2n) is 11.0. The van der Waals surface area contributed by atoms with Gasteiger partial charge in [0.1, 0.15) is 11.6 Å². The van der Waals surface area contributed by atoms with Crippen LogP contribution in [-0.2, 0) is 52.1 Å². The molecule has 2 aliphatic rings. The lowest BCUT2D eigenvalue weighted by molar-refractivity contribution is -0.172. The van der Waals surface area contributed by atoms with E-state index in [4.69, 9.17) is 23.4 Å². The Balaban J connectivity index is 3.00. The van der Waals surface area contributed by atoms with Gasteiger partial charge in [0.15, 0.2) is 14.2 Å². The van der Waals surface area contributed by atoms with Crippen molar-refractivity contribution in [3.63, 3.8) is 0 Å². The molecule has 0 saturated heterocycles. The molecule has 0 N–H and O–H groups in total. The third-order valence-corrected chi connectivity index (χ3v) is 12.6. The standard InChI is InChI=1S/C25H38O11Si/c1-25(2,3)37(8,9)36-20-16(18(23(30)34-6)24(31)35-7)15-13(26)11-10-12(19(15)27)14(21(28)32-4)17(20)22(29)33-5/h12,14-18,20H,10-11H2,1-9H3/t12-,14+,15+,16+,17-,20+/m1/s1. The van der Waals surface area contributed by atoms with E-state index in [-0.39, 0.29) is 12.8 Å². The zero-order valence-electron chi connectivity index (χ0n) is 22.9. The predicted octanol–water partition coefficient (Wildman–Crippen LogP) is 1.71. The number of ether oxygens (including phenoxy) is 4. The van der Waals surface area contributed by atoms with Gasteiger partial charge in [-0.1, -0.05) is 20.8 Å². The number of esters is 4. The third-order valence-electron chi connectivity index (χ3n) is 8.14. The molecule has 2 bridgehead atoms. The van der Waals surface area contributed by atoms with Crippen molar-refractivity contribution < 1.29 is 52.1 Å². The minimum Gasteiger partial charge on any atom is -0.469 e. The van der Waals surface area contributed by atoms with Crippen molar-refractivity contribution in [1.29, 1.82) is 0 Å². The van der Waals surface area contributed by atoms with Crippen molar-refractivity contribution in [2.45, 2.75) is 57.8 Å². The smallest absolute Gasteiger partial charge is 0.320 e.